The zero-order chi connectivity index (χ0) is 21.8. The SMILES string of the molecule is O=C(c1ccccc1F)N(c1ccc(F)cc1)C1CCN(Cc2ccc(F)cc2)CC1. The van der Waals surface area contributed by atoms with Crippen molar-refractivity contribution in [2.24, 2.45) is 0 Å². The molecule has 0 radical (unpaired) electrons. The van der Waals surface area contributed by atoms with Gasteiger partial charge in [-0.3, -0.25) is 9.69 Å². The lowest BCUT2D eigenvalue weighted by Gasteiger charge is -2.38. The highest BCUT2D eigenvalue weighted by Gasteiger charge is 2.31. The van der Waals surface area contributed by atoms with Gasteiger partial charge in [0.05, 0.1) is 5.56 Å². The second-order valence-electron chi connectivity index (χ2n) is 7.77. The highest BCUT2D eigenvalue weighted by molar-refractivity contribution is 6.06. The lowest BCUT2D eigenvalue weighted by Crippen LogP contribution is -2.47. The molecular formula is C25H23F3N2O. The first-order valence-corrected chi connectivity index (χ1v) is 10.3. The van der Waals surface area contributed by atoms with Gasteiger partial charge in [0.1, 0.15) is 17.5 Å². The second kappa shape index (κ2) is 9.35. The van der Waals surface area contributed by atoms with E-state index in [1.54, 1.807) is 41.3 Å². The molecule has 1 aliphatic heterocycles. The third kappa shape index (κ3) is 4.97. The Balaban J connectivity index is 1.52. The van der Waals surface area contributed by atoms with Gasteiger partial charge >= 0.3 is 0 Å². The molecule has 0 unspecified atom stereocenters. The van der Waals surface area contributed by atoms with Crippen LogP contribution in [0.25, 0.3) is 0 Å². The van der Waals surface area contributed by atoms with Gasteiger partial charge in [0.2, 0.25) is 0 Å². The van der Waals surface area contributed by atoms with E-state index in [9.17, 15) is 18.0 Å². The van der Waals surface area contributed by atoms with Crippen molar-refractivity contribution in [3.05, 3.63) is 101 Å². The molecule has 1 saturated heterocycles. The van der Waals surface area contributed by atoms with E-state index in [-0.39, 0.29) is 17.4 Å². The Morgan fingerprint density at radius 1 is 0.839 bits per heavy atom. The molecule has 4 rings (SSSR count). The minimum Gasteiger partial charge on any atom is -0.305 e. The lowest BCUT2D eigenvalue weighted by molar-refractivity contribution is 0.0954. The van der Waals surface area contributed by atoms with Crippen molar-refractivity contribution >= 4 is 11.6 Å². The first-order valence-electron chi connectivity index (χ1n) is 10.3. The summed E-state index contributed by atoms with van der Waals surface area (Å²) < 4.78 is 40.9. The second-order valence-corrected chi connectivity index (χ2v) is 7.77. The van der Waals surface area contributed by atoms with Gasteiger partial charge in [-0.25, -0.2) is 13.2 Å². The molecule has 1 heterocycles. The van der Waals surface area contributed by atoms with Gasteiger partial charge in [-0.2, -0.15) is 0 Å². The predicted molar refractivity (Wildman–Crippen MR) is 114 cm³/mol. The van der Waals surface area contributed by atoms with E-state index < -0.39 is 17.5 Å². The number of piperidine rings is 1. The molecular weight excluding hydrogens is 401 g/mol. The van der Waals surface area contributed by atoms with Gasteiger partial charge < -0.3 is 4.90 Å². The normalized spacial score (nSPS) is 15.1. The average molecular weight is 424 g/mol. The van der Waals surface area contributed by atoms with E-state index in [0.29, 0.717) is 25.1 Å². The highest BCUT2D eigenvalue weighted by Crippen LogP contribution is 2.27. The fraction of sp³-hybridized carbons (Fsp3) is 0.240. The minimum atomic E-state index is -0.576. The monoisotopic (exact) mass is 424 g/mol. The van der Waals surface area contributed by atoms with Crippen LogP contribution in [0.2, 0.25) is 0 Å². The summed E-state index contributed by atoms with van der Waals surface area (Å²) in [5, 5.41) is 0. The van der Waals surface area contributed by atoms with E-state index in [0.717, 1.165) is 18.7 Å². The van der Waals surface area contributed by atoms with Crippen molar-refractivity contribution in [3.8, 4) is 0 Å². The van der Waals surface area contributed by atoms with E-state index in [4.69, 9.17) is 0 Å². The molecule has 6 heteroatoms. The summed E-state index contributed by atoms with van der Waals surface area (Å²) in [4.78, 5) is 17.1. The predicted octanol–water partition coefficient (Wildman–Crippen LogP) is 5.42. The van der Waals surface area contributed by atoms with E-state index in [1.165, 1.54) is 36.4 Å². The molecule has 0 aromatic heterocycles. The number of benzene rings is 3. The first kappa shape index (κ1) is 21.1. The molecule has 160 valence electrons. The van der Waals surface area contributed by atoms with E-state index >= 15 is 0 Å². The molecule has 0 N–H and O–H groups in total. The molecule has 1 fully saturated rings. The summed E-state index contributed by atoms with van der Waals surface area (Å²) in [6.07, 6.45) is 1.39. The summed E-state index contributed by atoms with van der Waals surface area (Å²) >= 11 is 0. The van der Waals surface area contributed by atoms with Gasteiger partial charge in [0, 0.05) is 31.4 Å². The summed E-state index contributed by atoms with van der Waals surface area (Å²) in [6.45, 7) is 2.18. The smallest absolute Gasteiger partial charge is 0.261 e. The summed E-state index contributed by atoms with van der Waals surface area (Å²) in [5.74, 6) is -1.66. The van der Waals surface area contributed by atoms with Crippen molar-refractivity contribution in [2.75, 3.05) is 18.0 Å². The first-order chi connectivity index (χ1) is 15.0. The standard InChI is InChI=1S/C25H23F3N2O/c26-19-7-5-18(6-8-19)17-29-15-13-22(14-16-29)30(21-11-9-20(27)10-12-21)25(31)23-3-1-2-4-24(23)28/h1-12,22H,13-17H2. The summed E-state index contributed by atoms with van der Waals surface area (Å²) in [7, 11) is 0. The van der Waals surface area contributed by atoms with Gasteiger partial charge in [0.15, 0.2) is 0 Å². The molecule has 1 amide bonds. The van der Waals surface area contributed by atoms with Crippen LogP contribution in [0.4, 0.5) is 18.9 Å². The Bertz CT molecular complexity index is 1030. The molecule has 31 heavy (non-hydrogen) atoms. The largest absolute Gasteiger partial charge is 0.305 e. The maximum atomic E-state index is 14.3. The molecule has 0 bridgehead atoms. The molecule has 0 spiro atoms. The average Bonchev–Trinajstić information content (AvgIpc) is 2.78. The fourth-order valence-electron chi connectivity index (χ4n) is 4.04. The van der Waals surface area contributed by atoms with Crippen LogP contribution in [0.1, 0.15) is 28.8 Å². The van der Waals surface area contributed by atoms with Crippen molar-refractivity contribution in [1.82, 2.24) is 4.90 Å². The van der Waals surface area contributed by atoms with Crippen molar-refractivity contribution in [2.45, 2.75) is 25.4 Å². The number of halogens is 3. The molecule has 3 aromatic rings. The Hall–Kier alpha value is -3.12. The number of hydrogen-bond donors (Lipinski definition) is 0. The highest BCUT2D eigenvalue weighted by atomic mass is 19.1. The quantitative estimate of drug-likeness (QED) is 0.546. The van der Waals surface area contributed by atoms with Crippen LogP contribution >= 0.6 is 0 Å². The number of carbonyl (C=O) groups is 1. The Kier molecular flexibility index (Phi) is 6.37. The van der Waals surface area contributed by atoms with Crippen molar-refractivity contribution in [3.63, 3.8) is 0 Å². The maximum Gasteiger partial charge on any atom is 0.261 e. The van der Waals surface area contributed by atoms with Gasteiger partial charge in [-0.15, -0.1) is 0 Å². The van der Waals surface area contributed by atoms with Crippen LogP contribution < -0.4 is 4.90 Å². The number of carbonyl (C=O) groups excluding carboxylic acids is 1. The summed E-state index contributed by atoms with van der Waals surface area (Å²) in [6, 6.07) is 17.9. The van der Waals surface area contributed by atoms with Gasteiger partial charge in [-0.1, -0.05) is 24.3 Å². The number of nitrogens with zero attached hydrogens (tertiary/aromatic N) is 2. The maximum absolute atomic E-state index is 14.3. The van der Waals surface area contributed by atoms with Crippen LogP contribution in [0.5, 0.6) is 0 Å². The van der Waals surface area contributed by atoms with Crippen LogP contribution in [-0.2, 0) is 6.54 Å². The molecule has 0 atom stereocenters. The molecule has 0 aliphatic carbocycles. The third-order valence-electron chi connectivity index (χ3n) is 5.67. The van der Waals surface area contributed by atoms with Crippen molar-refractivity contribution < 1.29 is 18.0 Å². The zero-order valence-corrected chi connectivity index (χ0v) is 17.0. The number of anilines is 1. The summed E-state index contributed by atoms with van der Waals surface area (Å²) in [5.41, 5.74) is 1.57. The number of likely N-dealkylation sites (tertiary alicyclic amines) is 1. The van der Waals surface area contributed by atoms with Crippen molar-refractivity contribution in [1.29, 1.82) is 0 Å². The number of hydrogen-bond acceptors (Lipinski definition) is 2. The number of rotatable bonds is 5. The molecule has 0 saturated carbocycles. The van der Waals surface area contributed by atoms with Crippen LogP contribution in [0, 0.1) is 17.5 Å². The van der Waals surface area contributed by atoms with Gasteiger partial charge in [0.25, 0.3) is 5.91 Å². The van der Waals surface area contributed by atoms with E-state index in [1.807, 2.05) is 0 Å². The number of amides is 1. The fourth-order valence-corrected chi connectivity index (χ4v) is 4.04. The van der Waals surface area contributed by atoms with Gasteiger partial charge in [-0.05, 0) is 66.9 Å². The Labute approximate surface area is 179 Å². The third-order valence-corrected chi connectivity index (χ3v) is 5.67. The Morgan fingerprint density at radius 2 is 1.42 bits per heavy atom. The van der Waals surface area contributed by atoms with Crippen LogP contribution in [0.15, 0.2) is 72.8 Å². The van der Waals surface area contributed by atoms with Crippen LogP contribution in [-0.4, -0.2) is 29.9 Å². The molecule has 1 aliphatic rings. The molecule has 3 aromatic carbocycles. The van der Waals surface area contributed by atoms with E-state index in [2.05, 4.69) is 4.90 Å². The lowest BCUT2D eigenvalue weighted by atomic mass is 10.00. The van der Waals surface area contributed by atoms with Crippen LogP contribution in [0.3, 0.4) is 0 Å². The molecule has 3 nitrogen and oxygen atoms in total. The Morgan fingerprint density at radius 3 is 2.03 bits per heavy atom. The minimum absolute atomic E-state index is 0.000525. The zero-order valence-electron chi connectivity index (χ0n) is 17.0. The topological polar surface area (TPSA) is 23.6 Å².